The second-order valence-electron chi connectivity index (χ2n) is 5.88. The van der Waals surface area contributed by atoms with E-state index in [-0.39, 0.29) is 5.54 Å². The molecule has 0 saturated carbocycles. The Morgan fingerprint density at radius 3 is 2.36 bits per heavy atom. The summed E-state index contributed by atoms with van der Waals surface area (Å²) in [6.45, 7) is 9.67. The molecule has 1 aromatic rings. The van der Waals surface area contributed by atoms with E-state index in [0.717, 1.165) is 18.1 Å². The predicted octanol–water partition coefficient (Wildman–Crippen LogP) is 2.72. The van der Waals surface area contributed by atoms with Crippen molar-refractivity contribution < 1.29 is 9.53 Å². The Morgan fingerprint density at radius 2 is 1.86 bits per heavy atom. The summed E-state index contributed by atoms with van der Waals surface area (Å²) in [5, 5.41) is 9.17. The topological polar surface area (TPSA) is 74.8 Å². The fraction of sp³-hybridized carbons (Fsp3) is 0.500. The molecule has 0 atom stereocenters. The summed E-state index contributed by atoms with van der Waals surface area (Å²) in [7, 11) is 1.34. The van der Waals surface area contributed by atoms with Gasteiger partial charge in [-0.2, -0.15) is 0 Å². The first-order chi connectivity index (χ1) is 10.3. The molecule has 0 saturated heterocycles. The van der Waals surface area contributed by atoms with Crippen molar-refractivity contribution in [2.45, 2.75) is 39.8 Å². The van der Waals surface area contributed by atoms with Gasteiger partial charge in [0, 0.05) is 17.8 Å². The van der Waals surface area contributed by atoms with Gasteiger partial charge in [0.15, 0.2) is 5.96 Å². The molecular formula is C16H26N4O2. The third-order valence-electron chi connectivity index (χ3n) is 2.64. The van der Waals surface area contributed by atoms with Crippen LogP contribution >= 0.6 is 0 Å². The van der Waals surface area contributed by atoms with Crippen molar-refractivity contribution in [1.82, 2.24) is 10.6 Å². The third kappa shape index (κ3) is 6.97. The maximum absolute atomic E-state index is 11.1. The molecule has 0 aliphatic rings. The number of ether oxygens (including phenoxy) is 1. The minimum absolute atomic E-state index is 0.0463. The van der Waals surface area contributed by atoms with Crippen LogP contribution in [0, 0.1) is 0 Å². The normalized spacial score (nSPS) is 11.8. The average Bonchev–Trinajstić information content (AvgIpc) is 2.45. The number of methoxy groups -OCH3 is 1. The highest BCUT2D eigenvalue weighted by Gasteiger charge is 2.11. The fourth-order valence-corrected chi connectivity index (χ4v) is 1.69. The molecule has 22 heavy (non-hydrogen) atoms. The minimum Gasteiger partial charge on any atom is -0.453 e. The Hall–Kier alpha value is -2.24. The molecule has 122 valence electrons. The highest BCUT2D eigenvalue weighted by atomic mass is 16.5. The van der Waals surface area contributed by atoms with Gasteiger partial charge in [-0.3, -0.25) is 5.32 Å². The zero-order valence-electron chi connectivity index (χ0n) is 14.0. The monoisotopic (exact) mass is 306 g/mol. The Balaban J connectivity index is 2.68. The number of hydrogen-bond acceptors (Lipinski definition) is 3. The number of carbonyl (C=O) groups is 1. The Kier molecular flexibility index (Phi) is 6.69. The molecule has 0 aliphatic heterocycles. The Morgan fingerprint density at radius 1 is 1.23 bits per heavy atom. The van der Waals surface area contributed by atoms with Crippen LogP contribution in [0.4, 0.5) is 10.5 Å². The molecule has 6 nitrogen and oxygen atoms in total. The zero-order chi connectivity index (χ0) is 16.6. The number of benzene rings is 1. The zero-order valence-corrected chi connectivity index (χ0v) is 14.0. The molecule has 1 aromatic carbocycles. The van der Waals surface area contributed by atoms with Crippen LogP contribution < -0.4 is 16.0 Å². The van der Waals surface area contributed by atoms with Crippen LogP contribution in [0.1, 0.15) is 33.3 Å². The van der Waals surface area contributed by atoms with Gasteiger partial charge in [-0.05, 0) is 45.4 Å². The van der Waals surface area contributed by atoms with Crippen LogP contribution in [0.15, 0.2) is 29.3 Å². The molecule has 1 rings (SSSR count). The van der Waals surface area contributed by atoms with Crippen molar-refractivity contribution >= 4 is 17.7 Å². The van der Waals surface area contributed by atoms with Gasteiger partial charge < -0.3 is 15.4 Å². The van der Waals surface area contributed by atoms with Gasteiger partial charge in [-0.1, -0.05) is 12.1 Å². The van der Waals surface area contributed by atoms with Crippen LogP contribution in [0.5, 0.6) is 0 Å². The average molecular weight is 306 g/mol. The lowest BCUT2D eigenvalue weighted by atomic mass is 10.1. The highest BCUT2D eigenvalue weighted by Crippen LogP contribution is 2.10. The summed E-state index contributed by atoms with van der Waals surface area (Å²) in [4.78, 5) is 15.7. The molecule has 0 bridgehead atoms. The van der Waals surface area contributed by atoms with E-state index in [1.165, 1.54) is 7.11 Å². The van der Waals surface area contributed by atoms with E-state index in [0.29, 0.717) is 12.2 Å². The minimum atomic E-state index is -0.477. The van der Waals surface area contributed by atoms with E-state index in [4.69, 9.17) is 0 Å². The second kappa shape index (κ2) is 8.26. The van der Waals surface area contributed by atoms with E-state index in [9.17, 15) is 4.79 Å². The quantitative estimate of drug-likeness (QED) is 0.590. The van der Waals surface area contributed by atoms with Crippen LogP contribution in [0.2, 0.25) is 0 Å². The number of hydrogen-bond donors (Lipinski definition) is 3. The van der Waals surface area contributed by atoms with Crippen LogP contribution in [-0.4, -0.2) is 31.2 Å². The number of anilines is 1. The Bertz CT molecular complexity index is 504. The molecule has 0 unspecified atom stereocenters. The number of nitrogens with one attached hydrogen (secondary N) is 3. The van der Waals surface area contributed by atoms with Gasteiger partial charge in [-0.25, -0.2) is 9.79 Å². The first-order valence-electron chi connectivity index (χ1n) is 7.34. The highest BCUT2D eigenvalue weighted by molar-refractivity contribution is 5.84. The lowest BCUT2D eigenvalue weighted by Gasteiger charge is -2.23. The summed E-state index contributed by atoms with van der Waals surface area (Å²) in [5.74, 6) is 0.784. The van der Waals surface area contributed by atoms with E-state index >= 15 is 0 Å². The van der Waals surface area contributed by atoms with Crippen molar-refractivity contribution in [1.29, 1.82) is 0 Å². The summed E-state index contributed by atoms with van der Waals surface area (Å²) in [6.07, 6.45) is -0.477. The molecular weight excluding hydrogens is 280 g/mol. The van der Waals surface area contributed by atoms with Crippen LogP contribution in [-0.2, 0) is 11.3 Å². The van der Waals surface area contributed by atoms with E-state index in [2.05, 4.69) is 46.5 Å². The molecule has 1 amide bonds. The van der Waals surface area contributed by atoms with Gasteiger partial charge in [0.1, 0.15) is 0 Å². The summed E-state index contributed by atoms with van der Waals surface area (Å²) >= 11 is 0. The predicted molar refractivity (Wildman–Crippen MR) is 90.2 cm³/mol. The number of nitrogens with zero attached hydrogens (tertiary/aromatic N) is 1. The van der Waals surface area contributed by atoms with Crippen molar-refractivity contribution in [3.63, 3.8) is 0 Å². The van der Waals surface area contributed by atoms with E-state index in [1.807, 2.05) is 31.2 Å². The molecule has 0 aliphatic carbocycles. The lowest BCUT2D eigenvalue weighted by Crippen LogP contribution is -2.47. The molecule has 0 aromatic heterocycles. The van der Waals surface area contributed by atoms with Crippen LogP contribution in [0.3, 0.4) is 0 Å². The van der Waals surface area contributed by atoms with Gasteiger partial charge in [-0.15, -0.1) is 0 Å². The molecule has 0 radical (unpaired) electrons. The third-order valence-corrected chi connectivity index (χ3v) is 2.64. The number of rotatable bonds is 4. The van der Waals surface area contributed by atoms with Gasteiger partial charge in [0.05, 0.1) is 13.7 Å². The molecule has 0 heterocycles. The fourth-order valence-electron chi connectivity index (χ4n) is 1.69. The molecule has 3 N–H and O–H groups in total. The summed E-state index contributed by atoms with van der Waals surface area (Å²) < 4.78 is 4.55. The van der Waals surface area contributed by atoms with Crippen molar-refractivity contribution in [2.75, 3.05) is 19.0 Å². The van der Waals surface area contributed by atoms with Crippen molar-refractivity contribution in [2.24, 2.45) is 4.99 Å². The van der Waals surface area contributed by atoms with Gasteiger partial charge >= 0.3 is 6.09 Å². The van der Waals surface area contributed by atoms with Gasteiger partial charge in [0.2, 0.25) is 0 Å². The summed E-state index contributed by atoms with van der Waals surface area (Å²) in [6, 6.07) is 7.50. The van der Waals surface area contributed by atoms with E-state index in [1.54, 1.807) is 0 Å². The smallest absolute Gasteiger partial charge is 0.411 e. The van der Waals surface area contributed by atoms with Crippen molar-refractivity contribution in [3.05, 3.63) is 29.8 Å². The number of carbonyl (C=O) groups excluding carboxylic acids is 1. The largest absolute Gasteiger partial charge is 0.453 e. The second-order valence-corrected chi connectivity index (χ2v) is 5.88. The molecule has 6 heteroatoms. The maximum Gasteiger partial charge on any atom is 0.411 e. The first-order valence-corrected chi connectivity index (χ1v) is 7.34. The van der Waals surface area contributed by atoms with Crippen LogP contribution in [0.25, 0.3) is 0 Å². The molecule has 0 fully saturated rings. The maximum atomic E-state index is 11.1. The van der Waals surface area contributed by atoms with Gasteiger partial charge in [0.25, 0.3) is 0 Å². The Labute approximate surface area is 132 Å². The van der Waals surface area contributed by atoms with E-state index < -0.39 is 6.09 Å². The number of amides is 1. The van der Waals surface area contributed by atoms with Crippen molar-refractivity contribution in [3.8, 4) is 0 Å². The standard InChI is InChI=1S/C16H26N4O2/c1-6-17-14(20-16(2,3)4)18-11-12-7-9-13(10-8-12)19-15(21)22-5/h7-10H,6,11H2,1-5H3,(H,19,21)(H2,17,18,20). The number of guanidine groups is 1. The molecule has 0 spiro atoms. The lowest BCUT2D eigenvalue weighted by molar-refractivity contribution is 0.187. The SMILES string of the molecule is CCNC(=NCc1ccc(NC(=O)OC)cc1)NC(C)(C)C. The number of aliphatic imine (C=N–C) groups is 1. The first kappa shape index (κ1) is 17.8. The summed E-state index contributed by atoms with van der Waals surface area (Å²) in [5.41, 5.74) is 1.70.